The van der Waals surface area contributed by atoms with Gasteiger partial charge in [-0.2, -0.15) is 0 Å². The van der Waals surface area contributed by atoms with Crippen LogP contribution in [0.4, 0.5) is 5.69 Å². The van der Waals surface area contributed by atoms with E-state index in [0.29, 0.717) is 21.1 Å². The number of hydrogen-bond acceptors (Lipinski definition) is 7. The topological polar surface area (TPSA) is 90.3 Å². The molecule has 2 heterocycles. The number of methoxy groups -OCH3 is 1. The van der Waals surface area contributed by atoms with Crippen LogP contribution in [0.5, 0.6) is 0 Å². The van der Waals surface area contributed by atoms with Gasteiger partial charge in [0.15, 0.2) is 5.16 Å². The number of aryl methyl sites for hydroxylation is 1. The number of thiophene rings is 1. The number of carbonyl (C=O) groups excluding carboxylic acids is 2. The van der Waals surface area contributed by atoms with Crippen LogP contribution in [0, 0.1) is 13.8 Å². The number of rotatable bonds is 6. The molecule has 0 bridgehead atoms. The van der Waals surface area contributed by atoms with Crippen LogP contribution in [-0.2, 0) is 9.53 Å². The molecule has 1 amide bonds. The van der Waals surface area contributed by atoms with Crippen LogP contribution in [0.25, 0.3) is 15.9 Å². The van der Waals surface area contributed by atoms with E-state index in [1.807, 2.05) is 37.4 Å². The van der Waals surface area contributed by atoms with Crippen LogP contribution in [0.3, 0.4) is 0 Å². The summed E-state index contributed by atoms with van der Waals surface area (Å²) in [7, 11) is 1.29. The first-order valence-corrected chi connectivity index (χ1v) is 11.9. The van der Waals surface area contributed by atoms with Crippen molar-refractivity contribution in [2.24, 2.45) is 0 Å². The van der Waals surface area contributed by atoms with E-state index in [0.717, 1.165) is 28.6 Å². The number of carbonyl (C=O) groups is 2. The quantitative estimate of drug-likeness (QED) is 0.247. The third-order valence-electron chi connectivity index (χ3n) is 5.20. The van der Waals surface area contributed by atoms with E-state index in [4.69, 9.17) is 4.74 Å². The number of hydrogen-bond donors (Lipinski definition) is 1. The Morgan fingerprint density at radius 3 is 2.70 bits per heavy atom. The molecule has 0 radical (unpaired) electrons. The van der Waals surface area contributed by atoms with Crippen molar-refractivity contribution in [2.45, 2.75) is 19.0 Å². The molecule has 9 heteroatoms. The van der Waals surface area contributed by atoms with Crippen LogP contribution >= 0.6 is 23.1 Å². The lowest BCUT2D eigenvalue weighted by Crippen LogP contribution is -2.23. The fraction of sp³-hybridized carbons (Fsp3) is 0.167. The Morgan fingerprint density at radius 1 is 1.12 bits per heavy atom. The van der Waals surface area contributed by atoms with E-state index >= 15 is 0 Å². The molecular formula is C24H21N3O4S2. The zero-order chi connectivity index (χ0) is 23.5. The molecule has 0 aliphatic heterocycles. The monoisotopic (exact) mass is 479 g/mol. The molecule has 0 spiro atoms. The molecule has 0 aliphatic carbocycles. The van der Waals surface area contributed by atoms with Crippen LogP contribution in [-0.4, -0.2) is 34.3 Å². The third-order valence-corrected chi connectivity index (χ3v) is 7.04. The minimum absolute atomic E-state index is 0.00243. The number of para-hydroxylation sites is 1. The lowest BCUT2D eigenvalue weighted by Gasteiger charge is -2.15. The van der Waals surface area contributed by atoms with Gasteiger partial charge < -0.3 is 10.1 Å². The SMILES string of the molecule is COC(=O)c1ccccc1NC(=O)CSc1nc2ccsc2c(=O)n1-c1cccc(C)c1C. The van der Waals surface area contributed by atoms with Crippen molar-refractivity contribution in [3.05, 3.63) is 81.0 Å². The first kappa shape index (κ1) is 22.8. The van der Waals surface area contributed by atoms with E-state index < -0.39 is 5.97 Å². The molecule has 0 saturated heterocycles. The van der Waals surface area contributed by atoms with Gasteiger partial charge in [-0.3, -0.25) is 14.2 Å². The summed E-state index contributed by atoms with van der Waals surface area (Å²) in [6.45, 7) is 3.95. The van der Waals surface area contributed by atoms with Crippen molar-refractivity contribution in [3.63, 3.8) is 0 Å². The molecule has 0 saturated carbocycles. The standard InChI is InChI=1S/C24H21N3O4S2/c1-14-7-6-10-19(15(14)2)27-22(29)21-18(11-12-32-21)26-24(27)33-13-20(28)25-17-9-5-4-8-16(17)23(30)31-3/h4-12H,13H2,1-3H3,(H,25,28). The van der Waals surface area contributed by atoms with E-state index in [9.17, 15) is 14.4 Å². The van der Waals surface area contributed by atoms with Crippen LogP contribution in [0.2, 0.25) is 0 Å². The molecule has 168 valence electrons. The molecular weight excluding hydrogens is 458 g/mol. The number of amides is 1. The van der Waals surface area contributed by atoms with E-state index in [1.165, 1.54) is 18.4 Å². The molecule has 0 atom stereocenters. The first-order valence-electron chi connectivity index (χ1n) is 10.1. The van der Waals surface area contributed by atoms with Crippen LogP contribution in [0.15, 0.2) is 63.9 Å². The zero-order valence-corrected chi connectivity index (χ0v) is 19.9. The predicted molar refractivity (Wildman–Crippen MR) is 132 cm³/mol. The van der Waals surface area contributed by atoms with Crippen LogP contribution < -0.4 is 10.9 Å². The second-order valence-electron chi connectivity index (χ2n) is 7.26. The fourth-order valence-corrected chi connectivity index (χ4v) is 4.94. The molecule has 2 aromatic heterocycles. The Kier molecular flexibility index (Phi) is 6.62. The average Bonchev–Trinajstić information content (AvgIpc) is 3.29. The summed E-state index contributed by atoms with van der Waals surface area (Å²) >= 11 is 2.51. The molecule has 0 unspecified atom stereocenters. The maximum atomic E-state index is 13.3. The molecule has 4 rings (SSSR count). The maximum Gasteiger partial charge on any atom is 0.339 e. The van der Waals surface area contributed by atoms with Crippen molar-refractivity contribution in [2.75, 3.05) is 18.2 Å². The Morgan fingerprint density at radius 2 is 1.91 bits per heavy atom. The van der Waals surface area contributed by atoms with Crippen molar-refractivity contribution >= 4 is 50.9 Å². The number of aromatic nitrogens is 2. The average molecular weight is 480 g/mol. The summed E-state index contributed by atoms with van der Waals surface area (Å²) in [5.74, 6) is -0.863. The smallest absolute Gasteiger partial charge is 0.339 e. The summed E-state index contributed by atoms with van der Waals surface area (Å²) < 4.78 is 6.91. The Bertz CT molecular complexity index is 1420. The molecule has 4 aromatic rings. The fourth-order valence-electron chi connectivity index (χ4n) is 3.38. The normalized spacial score (nSPS) is 10.9. The van der Waals surface area contributed by atoms with Crippen molar-refractivity contribution in [3.8, 4) is 5.69 Å². The number of nitrogens with one attached hydrogen (secondary N) is 1. The Hall–Kier alpha value is -3.43. The highest BCUT2D eigenvalue weighted by Crippen LogP contribution is 2.26. The Balaban J connectivity index is 1.66. The minimum atomic E-state index is -0.535. The number of esters is 1. The van der Waals surface area contributed by atoms with Gasteiger partial charge in [0.2, 0.25) is 5.91 Å². The summed E-state index contributed by atoms with van der Waals surface area (Å²) in [5.41, 5.74) is 3.83. The summed E-state index contributed by atoms with van der Waals surface area (Å²) in [4.78, 5) is 42.7. The van der Waals surface area contributed by atoms with E-state index in [-0.39, 0.29) is 22.8 Å². The third kappa shape index (κ3) is 4.55. The molecule has 33 heavy (non-hydrogen) atoms. The predicted octanol–water partition coefficient (Wildman–Crippen LogP) is 4.58. The summed E-state index contributed by atoms with van der Waals surface area (Å²) in [6.07, 6.45) is 0. The highest BCUT2D eigenvalue weighted by molar-refractivity contribution is 7.99. The van der Waals surface area contributed by atoms with E-state index in [2.05, 4.69) is 10.3 Å². The van der Waals surface area contributed by atoms with Gasteiger partial charge >= 0.3 is 5.97 Å². The van der Waals surface area contributed by atoms with Gasteiger partial charge in [0.25, 0.3) is 5.56 Å². The number of anilines is 1. The van der Waals surface area contributed by atoms with Gasteiger partial charge in [0, 0.05) is 0 Å². The van der Waals surface area contributed by atoms with Crippen molar-refractivity contribution < 1.29 is 14.3 Å². The summed E-state index contributed by atoms with van der Waals surface area (Å²) in [5, 5.41) is 5.01. The second-order valence-corrected chi connectivity index (χ2v) is 9.12. The second kappa shape index (κ2) is 9.60. The molecule has 7 nitrogen and oxygen atoms in total. The summed E-state index contributed by atoms with van der Waals surface area (Å²) in [6, 6.07) is 14.2. The number of fused-ring (bicyclic) bond motifs is 1. The van der Waals surface area contributed by atoms with Gasteiger partial charge in [-0.25, -0.2) is 9.78 Å². The van der Waals surface area contributed by atoms with E-state index in [1.54, 1.807) is 34.9 Å². The molecule has 0 aliphatic rings. The number of ether oxygens (including phenoxy) is 1. The van der Waals surface area contributed by atoms with Gasteiger partial charge in [-0.05, 0) is 54.6 Å². The van der Waals surface area contributed by atoms with Gasteiger partial charge in [0.05, 0.1) is 35.3 Å². The van der Waals surface area contributed by atoms with Crippen molar-refractivity contribution in [1.29, 1.82) is 0 Å². The first-order chi connectivity index (χ1) is 15.9. The van der Waals surface area contributed by atoms with Gasteiger partial charge in [0.1, 0.15) is 4.70 Å². The maximum absolute atomic E-state index is 13.3. The van der Waals surface area contributed by atoms with Gasteiger partial charge in [-0.15, -0.1) is 11.3 Å². The lowest BCUT2D eigenvalue weighted by molar-refractivity contribution is -0.113. The van der Waals surface area contributed by atoms with Crippen LogP contribution in [0.1, 0.15) is 21.5 Å². The van der Waals surface area contributed by atoms with Crippen molar-refractivity contribution in [1.82, 2.24) is 9.55 Å². The lowest BCUT2D eigenvalue weighted by atomic mass is 10.1. The number of thioether (sulfide) groups is 1. The highest BCUT2D eigenvalue weighted by atomic mass is 32.2. The Labute approximate surface area is 198 Å². The molecule has 2 aromatic carbocycles. The van der Waals surface area contributed by atoms with Gasteiger partial charge in [-0.1, -0.05) is 36.0 Å². The number of nitrogens with zero attached hydrogens (tertiary/aromatic N) is 2. The highest BCUT2D eigenvalue weighted by Gasteiger charge is 2.18. The zero-order valence-electron chi connectivity index (χ0n) is 18.2. The largest absolute Gasteiger partial charge is 0.465 e. The molecule has 0 fully saturated rings. The molecule has 1 N–H and O–H groups in total. The number of benzene rings is 2. The minimum Gasteiger partial charge on any atom is -0.465 e.